The highest BCUT2D eigenvalue weighted by molar-refractivity contribution is 7.80. The zero-order valence-corrected chi connectivity index (χ0v) is 16.9. The summed E-state index contributed by atoms with van der Waals surface area (Å²) in [4.78, 5) is 18.2. The van der Waals surface area contributed by atoms with E-state index in [0.29, 0.717) is 18.2 Å². The quantitative estimate of drug-likeness (QED) is 0.777. The van der Waals surface area contributed by atoms with Crippen LogP contribution in [0.5, 0.6) is 0 Å². The van der Waals surface area contributed by atoms with Crippen LogP contribution in [0, 0.1) is 0 Å². The number of amides is 1. The van der Waals surface area contributed by atoms with Crippen molar-refractivity contribution in [3.05, 3.63) is 64.0 Å². The van der Waals surface area contributed by atoms with Gasteiger partial charge in [-0.1, -0.05) is 24.3 Å². The van der Waals surface area contributed by atoms with Crippen molar-refractivity contribution < 1.29 is 4.79 Å². The molecule has 1 aliphatic rings. The molecule has 0 bridgehead atoms. The Morgan fingerprint density at radius 1 is 1.19 bits per heavy atom. The van der Waals surface area contributed by atoms with E-state index >= 15 is 0 Å². The number of hydrogen-bond donors (Lipinski definition) is 1. The molecule has 1 aromatic heterocycles. The Balaban J connectivity index is 2.13. The number of thiophene rings is 1. The van der Waals surface area contributed by atoms with Crippen LogP contribution in [0.1, 0.15) is 31.7 Å². The van der Waals surface area contributed by atoms with Crippen molar-refractivity contribution in [1.29, 1.82) is 0 Å². The predicted molar refractivity (Wildman–Crippen MR) is 112 cm³/mol. The van der Waals surface area contributed by atoms with Crippen molar-refractivity contribution in [2.24, 2.45) is 0 Å². The lowest BCUT2D eigenvalue weighted by atomic mass is 9.98. The van der Waals surface area contributed by atoms with Crippen LogP contribution >= 0.6 is 23.6 Å². The fourth-order valence-electron chi connectivity index (χ4n) is 3.26. The second kappa shape index (κ2) is 8.01. The monoisotopic (exact) mass is 385 g/mol. The van der Waals surface area contributed by atoms with Gasteiger partial charge in [-0.3, -0.25) is 9.69 Å². The fourth-order valence-corrected chi connectivity index (χ4v) is 4.40. The number of anilines is 1. The third-order valence-corrected chi connectivity index (χ3v) is 5.85. The fraction of sp³-hybridized carbons (Fsp3) is 0.300. The molecule has 4 nitrogen and oxygen atoms in total. The van der Waals surface area contributed by atoms with Crippen molar-refractivity contribution in [3.63, 3.8) is 0 Å². The van der Waals surface area contributed by atoms with Gasteiger partial charge in [0.1, 0.15) is 0 Å². The van der Waals surface area contributed by atoms with Crippen molar-refractivity contribution in [3.8, 4) is 0 Å². The van der Waals surface area contributed by atoms with Crippen molar-refractivity contribution in [2.75, 3.05) is 18.0 Å². The van der Waals surface area contributed by atoms with Crippen LogP contribution in [-0.2, 0) is 4.79 Å². The third kappa shape index (κ3) is 3.39. The van der Waals surface area contributed by atoms with Gasteiger partial charge in [0.2, 0.25) is 0 Å². The van der Waals surface area contributed by atoms with E-state index in [1.807, 2.05) is 78.4 Å². The molecule has 0 aliphatic carbocycles. The Labute approximate surface area is 164 Å². The smallest absolute Gasteiger partial charge is 0.254 e. The lowest BCUT2D eigenvalue weighted by molar-refractivity contribution is -0.127. The van der Waals surface area contributed by atoms with E-state index in [1.54, 1.807) is 11.3 Å². The average Bonchev–Trinajstić information content (AvgIpc) is 3.17. The molecule has 0 spiro atoms. The summed E-state index contributed by atoms with van der Waals surface area (Å²) in [6.07, 6.45) is 0. The molecule has 0 radical (unpaired) electrons. The first-order valence-corrected chi connectivity index (χ1v) is 10.1. The van der Waals surface area contributed by atoms with Crippen LogP contribution in [-0.4, -0.2) is 29.0 Å². The SMILES string of the molecule is CCN(CC)C(=O)C1=C(C)N(c2ccccc2)C(=S)N[C@@H]1c1cccs1. The maximum Gasteiger partial charge on any atom is 0.254 e. The van der Waals surface area contributed by atoms with E-state index in [0.717, 1.165) is 21.8 Å². The number of rotatable bonds is 5. The minimum Gasteiger partial charge on any atom is -0.350 e. The summed E-state index contributed by atoms with van der Waals surface area (Å²) in [6, 6.07) is 13.8. The third-order valence-electron chi connectivity index (χ3n) is 4.61. The van der Waals surface area contributed by atoms with Gasteiger partial charge >= 0.3 is 0 Å². The molecule has 136 valence electrons. The number of nitrogens with one attached hydrogen (secondary N) is 1. The number of allylic oxidation sites excluding steroid dienone is 1. The normalized spacial score (nSPS) is 17.3. The van der Waals surface area contributed by atoms with Gasteiger partial charge in [0.25, 0.3) is 5.91 Å². The second-order valence-corrected chi connectivity index (χ2v) is 7.41. The summed E-state index contributed by atoms with van der Waals surface area (Å²) in [6.45, 7) is 7.36. The molecular formula is C20H23N3OS2. The van der Waals surface area contributed by atoms with Gasteiger partial charge in [-0.2, -0.15) is 0 Å². The minimum atomic E-state index is -0.212. The number of carbonyl (C=O) groups excluding carboxylic acids is 1. The zero-order chi connectivity index (χ0) is 18.7. The Kier molecular flexibility index (Phi) is 5.74. The Morgan fingerprint density at radius 3 is 2.46 bits per heavy atom. The first kappa shape index (κ1) is 18.6. The number of hydrogen-bond acceptors (Lipinski definition) is 3. The summed E-state index contributed by atoms with van der Waals surface area (Å²) in [5.74, 6) is 0.0573. The van der Waals surface area contributed by atoms with Crippen LogP contribution in [0.2, 0.25) is 0 Å². The lowest BCUT2D eigenvalue weighted by Gasteiger charge is -2.38. The number of likely N-dealkylation sites (N-methyl/N-ethyl adjacent to an activating group) is 1. The van der Waals surface area contributed by atoms with Gasteiger partial charge in [-0.05, 0) is 56.6 Å². The van der Waals surface area contributed by atoms with Gasteiger partial charge < -0.3 is 10.2 Å². The number of benzene rings is 1. The molecule has 1 aliphatic heterocycles. The van der Waals surface area contributed by atoms with Crippen LogP contribution in [0.15, 0.2) is 59.1 Å². The average molecular weight is 386 g/mol. The topological polar surface area (TPSA) is 35.6 Å². The predicted octanol–water partition coefficient (Wildman–Crippen LogP) is 4.33. The molecule has 2 heterocycles. The molecule has 6 heteroatoms. The van der Waals surface area contributed by atoms with Crippen molar-refractivity contribution in [1.82, 2.24) is 10.2 Å². The Hall–Kier alpha value is -2.18. The summed E-state index contributed by atoms with van der Waals surface area (Å²) in [5, 5.41) is 6.03. The molecule has 0 saturated carbocycles. The molecular weight excluding hydrogens is 362 g/mol. The highest BCUT2D eigenvalue weighted by atomic mass is 32.1. The molecule has 3 rings (SSSR count). The van der Waals surface area contributed by atoms with E-state index in [1.165, 1.54) is 0 Å². The van der Waals surface area contributed by atoms with E-state index in [2.05, 4.69) is 5.32 Å². The molecule has 1 aromatic carbocycles. The summed E-state index contributed by atoms with van der Waals surface area (Å²) in [5.41, 5.74) is 2.60. The number of para-hydroxylation sites is 1. The Morgan fingerprint density at radius 2 is 1.88 bits per heavy atom. The summed E-state index contributed by atoms with van der Waals surface area (Å²) >= 11 is 7.29. The van der Waals surface area contributed by atoms with Crippen LogP contribution < -0.4 is 10.2 Å². The van der Waals surface area contributed by atoms with E-state index in [4.69, 9.17) is 12.2 Å². The van der Waals surface area contributed by atoms with Crippen LogP contribution in [0.3, 0.4) is 0 Å². The summed E-state index contributed by atoms with van der Waals surface area (Å²) < 4.78 is 0. The minimum absolute atomic E-state index is 0.0573. The standard InChI is InChI=1S/C20H23N3OS2/c1-4-22(5-2)19(24)17-14(3)23(15-10-7-6-8-11-15)20(25)21-18(17)16-12-9-13-26-16/h6-13,18H,4-5H2,1-3H3,(H,21,25)/t18-/m1/s1. The Bertz CT molecular complexity index is 811. The molecule has 2 aromatic rings. The van der Waals surface area contributed by atoms with Gasteiger partial charge in [-0.15, -0.1) is 11.3 Å². The lowest BCUT2D eigenvalue weighted by Crippen LogP contribution is -2.49. The van der Waals surface area contributed by atoms with Gasteiger partial charge in [-0.25, -0.2) is 0 Å². The first-order valence-electron chi connectivity index (χ1n) is 8.77. The maximum atomic E-state index is 13.3. The van der Waals surface area contributed by atoms with Crippen LogP contribution in [0.25, 0.3) is 0 Å². The number of carbonyl (C=O) groups is 1. The molecule has 0 unspecified atom stereocenters. The van der Waals surface area contributed by atoms with E-state index in [-0.39, 0.29) is 11.9 Å². The highest BCUT2D eigenvalue weighted by Gasteiger charge is 2.36. The molecule has 0 saturated heterocycles. The first-order chi connectivity index (χ1) is 12.6. The van der Waals surface area contributed by atoms with Crippen molar-refractivity contribution in [2.45, 2.75) is 26.8 Å². The molecule has 1 atom stereocenters. The van der Waals surface area contributed by atoms with E-state index < -0.39 is 0 Å². The maximum absolute atomic E-state index is 13.3. The zero-order valence-electron chi connectivity index (χ0n) is 15.2. The molecule has 26 heavy (non-hydrogen) atoms. The summed E-state index contributed by atoms with van der Waals surface area (Å²) in [7, 11) is 0. The van der Waals surface area contributed by atoms with Gasteiger partial charge in [0.15, 0.2) is 5.11 Å². The van der Waals surface area contributed by atoms with Gasteiger partial charge in [0, 0.05) is 29.4 Å². The van der Waals surface area contributed by atoms with Gasteiger partial charge in [0.05, 0.1) is 11.6 Å². The van der Waals surface area contributed by atoms with Crippen LogP contribution in [0.4, 0.5) is 5.69 Å². The molecule has 0 fully saturated rings. The number of thiocarbonyl (C=S) groups is 1. The number of nitrogens with zero attached hydrogens (tertiary/aromatic N) is 2. The van der Waals surface area contributed by atoms with Crippen molar-refractivity contribution >= 4 is 40.3 Å². The molecule has 1 N–H and O–H groups in total. The van der Waals surface area contributed by atoms with E-state index in [9.17, 15) is 4.79 Å². The second-order valence-electron chi connectivity index (χ2n) is 6.05. The molecule has 1 amide bonds. The largest absolute Gasteiger partial charge is 0.350 e. The highest BCUT2D eigenvalue weighted by Crippen LogP contribution is 2.36.